The highest BCUT2D eigenvalue weighted by molar-refractivity contribution is 5.72. The summed E-state index contributed by atoms with van der Waals surface area (Å²) in [6, 6.07) is 9.38. The highest BCUT2D eigenvalue weighted by Crippen LogP contribution is 2.32. The Morgan fingerprint density at radius 3 is 2.85 bits per heavy atom. The van der Waals surface area contributed by atoms with Gasteiger partial charge in [0.1, 0.15) is 17.1 Å². The molecule has 20 heavy (non-hydrogen) atoms. The van der Waals surface area contributed by atoms with Crippen LogP contribution in [0.15, 0.2) is 52.3 Å². The van der Waals surface area contributed by atoms with Gasteiger partial charge in [-0.2, -0.15) is 4.98 Å². The van der Waals surface area contributed by atoms with Crippen LogP contribution in [-0.2, 0) is 0 Å². The van der Waals surface area contributed by atoms with Crippen LogP contribution in [0.1, 0.15) is 0 Å². The van der Waals surface area contributed by atoms with Gasteiger partial charge in [0.05, 0.1) is 5.56 Å². The second kappa shape index (κ2) is 4.88. The molecule has 0 aliphatic heterocycles. The van der Waals surface area contributed by atoms with E-state index in [-0.39, 0.29) is 22.9 Å². The smallest absolute Gasteiger partial charge is 0.260 e. The molecule has 0 bridgehead atoms. The third-order valence-corrected chi connectivity index (χ3v) is 2.63. The largest absolute Gasteiger partial charge is 0.508 e. The maximum absolute atomic E-state index is 10.8. The van der Waals surface area contributed by atoms with Gasteiger partial charge in [0.25, 0.3) is 5.89 Å². The quantitative estimate of drug-likeness (QED) is 0.733. The van der Waals surface area contributed by atoms with Gasteiger partial charge in [0.2, 0.25) is 5.82 Å². The molecule has 1 N–H and O–H groups in total. The molecule has 98 valence electrons. The Kier molecular flexibility index (Phi) is 2.92. The molecule has 0 atom stereocenters. The van der Waals surface area contributed by atoms with Crippen molar-refractivity contribution in [2.24, 2.45) is 5.18 Å². The van der Waals surface area contributed by atoms with Gasteiger partial charge in [-0.25, -0.2) is 0 Å². The van der Waals surface area contributed by atoms with E-state index in [9.17, 15) is 10.0 Å². The van der Waals surface area contributed by atoms with Crippen molar-refractivity contribution in [3.8, 4) is 28.7 Å². The first-order valence-corrected chi connectivity index (χ1v) is 5.70. The maximum atomic E-state index is 10.8. The van der Waals surface area contributed by atoms with E-state index in [1.165, 1.54) is 18.2 Å². The number of rotatable bonds is 3. The van der Waals surface area contributed by atoms with E-state index in [1.54, 1.807) is 24.4 Å². The van der Waals surface area contributed by atoms with E-state index in [0.29, 0.717) is 11.5 Å². The summed E-state index contributed by atoms with van der Waals surface area (Å²) in [7, 11) is 0. The average Bonchev–Trinajstić information content (AvgIpc) is 2.98. The van der Waals surface area contributed by atoms with Gasteiger partial charge in [0, 0.05) is 6.20 Å². The molecule has 0 saturated carbocycles. The number of pyridine rings is 1. The van der Waals surface area contributed by atoms with Crippen molar-refractivity contribution in [3.63, 3.8) is 0 Å². The highest BCUT2D eigenvalue weighted by atomic mass is 16.5. The molecule has 0 unspecified atom stereocenters. The second-order valence-electron chi connectivity index (χ2n) is 3.93. The predicted molar refractivity (Wildman–Crippen MR) is 70.1 cm³/mol. The highest BCUT2D eigenvalue weighted by Gasteiger charge is 2.15. The topological polar surface area (TPSA) is 101 Å². The summed E-state index contributed by atoms with van der Waals surface area (Å²) in [5.41, 5.74) is 0.928. The van der Waals surface area contributed by atoms with E-state index in [1.807, 2.05) is 0 Å². The first kappa shape index (κ1) is 12.0. The molecule has 0 amide bonds. The zero-order chi connectivity index (χ0) is 13.9. The van der Waals surface area contributed by atoms with Crippen molar-refractivity contribution in [3.05, 3.63) is 47.5 Å². The molecule has 0 radical (unpaired) electrons. The van der Waals surface area contributed by atoms with Crippen LogP contribution in [0.25, 0.3) is 23.0 Å². The monoisotopic (exact) mass is 268 g/mol. The molecule has 7 nitrogen and oxygen atoms in total. The third kappa shape index (κ3) is 2.12. The van der Waals surface area contributed by atoms with Crippen molar-refractivity contribution >= 4 is 5.69 Å². The number of nitroso groups, excluding NO2 is 1. The Morgan fingerprint density at radius 1 is 1.20 bits per heavy atom. The van der Waals surface area contributed by atoms with Crippen LogP contribution in [0.4, 0.5) is 5.69 Å². The van der Waals surface area contributed by atoms with Crippen LogP contribution >= 0.6 is 0 Å². The molecule has 2 aromatic heterocycles. The minimum atomic E-state index is -0.0232. The van der Waals surface area contributed by atoms with E-state index in [0.717, 1.165) is 0 Å². The zero-order valence-electron chi connectivity index (χ0n) is 10.1. The number of aromatic hydroxyl groups is 1. The number of hydrogen-bond acceptors (Lipinski definition) is 7. The number of hydrogen-bond donors (Lipinski definition) is 1. The lowest BCUT2D eigenvalue weighted by Gasteiger charge is -1.98. The number of phenols is 1. The lowest BCUT2D eigenvalue weighted by Crippen LogP contribution is -1.84. The molecular weight excluding hydrogens is 260 g/mol. The first-order valence-electron chi connectivity index (χ1n) is 5.70. The second-order valence-corrected chi connectivity index (χ2v) is 3.93. The Labute approximate surface area is 112 Å². The lowest BCUT2D eigenvalue weighted by molar-refractivity contribution is 0.431. The standard InChI is InChI=1S/C13H8N4O3/c18-8-4-5-10(16-19)9(7-8)13-15-12(17-20-13)11-3-1-2-6-14-11/h1-7,18H. The summed E-state index contributed by atoms with van der Waals surface area (Å²) in [5, 5.41) is 16.1. The Bertz CT molecular complexity index is 755. The van der Waals surface area contributed by atoms with Gasteiger partial charge in [-0.3, -0.25) is 4.98 Å². The molecule has 0 aliphatic rings. The molecule has 2 heterocycles. The molecular formula is C13H8N4O3. The predicted octanol–water partition coefficient (Wildman–Crippen LogP) is 2.90. The third-order valence-electron chi connectivity index (χ3n) is 2.63. The molecule has 1 aromatic carbocycles. The van der Waals surface area contributed by atoms with Crippen molar-refractivity contribution in [2.75, 3.05) is 0 Å². The average molecular weight is 268 g/mol. The lowest BCUT2D eigenvalue weighted by atomic mass is 10.1. The van der Waals surface area contributed by atoms with E-state index >= 15 is 0 Å². The number of phenolic OH excluding ortho intramolecular Hbond substituents is 1. The number of aromatic nitrogens is 3. The van der Waals surface area contributed by atoms with E-state index in [2.05, 4.69) is 20.3 Å². The number of nitrogens with zero attached hydrogens (tertiary/aromatic N) is 4. The summed E-state index contributed by atoms with van der Waals surface area (Å²) in [5.74, 6) is 0.363. The minimum absolute atomic E-state index is 0.0232. The molecule has 3 rings (SSSR count). The van der Waals surface area contributed by atoms with Crippen LogP contribution < -0.4 is 0 Å². The van der Waals surface area contributed by atoms with Crippen LogP contribution in [-0.4, -0.2) is 20.2 Å². The fraction of sp³-hybridized carbons (Fsp3) is 0. The van der Waals surface area contributed by atoms with Gasteiger partial charge in [0.15, 0.2) is 0 Å². The minimum Gasteiger partial charge on any atom is -0.508 e. The molecule has 0 fully saturated rings. The van der Waals surface area contributed by atoms with Gasteiger partial charge < -0.3 is 9.63 Å². The first-order chi connectivity index (χ1) is 9.78. The number of benzene rings is 1. The Morgan fingerprint density at radius 2 is 2.10 bits per heavy atom. The van der Waals surface area contributed by atoms with Crippen molar-refractivity contribution < 1.29 is 9.63 Å². The molecule has 0 aliphatic carbocycles. The van der Waals surface area contributed by atoms with Crippen LogP contribution in [0.5, 0.6) is 5.75 Å². The van der Waals surface area contributed by atoms with Gasteiger partial charge in [-0.1, -0.05) is 11.2 Å². The fourth-order valence-corrected chi connectivity index (χ4v) is 1.71. The van der Waals surface area contributed by atoms with Gasteiger partial charge in [-0.05, 0) is 35.5 Å². The van der Waals surface area contributed by atoms with Crippen LogP contribution in [0, 0.1) is 4.91 Å². The summed E-state index contributed by atoms with van der Waals surface area (Å²) < 4.78 is 5.09. The van der Waals surface area contributed by atoms with Crippen LogP contribution in [0.3, 0.4) is 0 Å². The molecule has 0 spiro atoms. The van der Waals surface area contributed by atoms with Crippen LogP contribution in [0.2, 0.25) is 0 Å². The summed E-state index contributed by atoms with van der Waals surface area (Å²) in [6.45, 7) is 0. The maximum Gasteiger partial charge on any atom is 0.260 e. The van der Waals surface area contributed by atoms with E-state index < -0.39 is 0 Å². The molecule has 7 heteroatoms. The van der Waals surface area contributed by atoms with Crippen molar-refractivity contribution in [1.29, 1.82) is 0 Å². The fourth-order valence-electron chi connectivity index (χ4n) is 1.71. The summed E-state index contributed by atoms with van der Waals surface area (Å²) in [4.78, 5) is 19.0. The van der Waals surface area contributed by atoms with E-state index in [4.69, 9.17) is 4.52 Å². The SMILES string of the molecule is O=Nc1ccc(O)cc1-c1nc(-c2ccccn2)no1. The van der Waals surface area contributed by atoms with Gasteiger partial charge >= 0.3 is 0 Å². The zero-order valence-corrected chi connectivity index (χ0v) is 10.1. The van der Waals surface area contributed by atoms with Crippen molar-refractivity contribution in [2.45, 2.75) is 0 Å². The Hall–Kier alpha value is -3.09. The summed E-state index contributed by atoms with van der Waals surface area (Å²) in [6.07, 6.45) is 1.61. The molecule has 0 saturated heterocycles. The summed E-state index contributed by atoms with van der Waals surface area (Å²) >= 11 is 0. The normalized spacial score (nSPS) is 10.4. The van der Waals surface area contributed by atoms with Crippen molar-refractivity contribution in [1.82, 2.24) is 15.1 Å². The molecule has 3 aromatic rings. The van der Waals surface area contributed by atoms with Gasteiger partial charge in [-0.15, -0.1) is 4.91 Å². The Balaban J connectivity index is 2.07.